The van der Waals surface area contributed by atoms with E-state index >= 15 is 0 Å². The van der Waals surface area contributed by atoms with Gasteiger partial charge in [0.25, 0.3) is 5.41 Å². The summed E-state index contributed by atoms with van der Waals surface area (Å²) in [5.41, 5.74) is -1.98. The number of hydrogen-bond donors (Lipinski definition) is 0. The van der Waals surface area contributed by atoms with Crippen LogP contribution in [0.5, 0.6) is 0 Å². The molecule has 6 heteroatoms. The molecule has 0 radical (unpaired) electrons. The van der Waals surface area contributed by atoms with Crippen LogP contribution >= 0.6 is 0 Å². The van der Waals surface area contributed by atoms with Gasteiger partial charge in [-0.1, -0.05) is 25.7 Å². The van der Waals surface area contributed by atoms with Gasteiger partial charge in [0, 0.05) is 0 Å². The summed E-state index contributed by atoms with van der Waals surface area (Å²) >= 11 is 0. The Morgan fingerprint density at radius 1 is 0.895 bits per heavy atom. The molecule has 2 heterocycles. The Morgan fingerprint density at radius 2 is 1.47 bits per heavy atom. The van der Waals surface area contributed by atoms with Crippen molar-refractivity contribution in [2.45, 2.75) is 38.5 Å². The number of carbonyl (C=O) groups is 4. The third-order valence-corrected chi connectivity index (χ3v) is 4.49. The second kappa shape index (κ2) is 4.15. The summed E-state index contributed by atoms with van der Waals surface area (Å²) in [4.78, 5) is 46.4. The zero-order valence-electron chi connectivity index (χ0n) is 10.3. The minimum atomic E-state index is -1.98. The summed E-state index contributed by atoms with van der Waals surface area (Å²) < 4.78 is 8.75. The van der Waals surface area contributed by atoms with Crippen LogP contribution in [0.25, 0.3) is 0 Å². The van der Waals surface area contributed by atoms with Gasteiger partial charge < -0.3 is 9.47 Å². The summed E-state index contributed by atoms with van der Waals surface area (Å²) in [7, 11) is 0. The Hall–Kier alpha value is -1.72. The molecule has 2 aliphatic heterocycles. The monoisotopic (exact) mass is 266 g/mol. The molecule has 19 heavy (non-hydrogen) atoms. The lowest BCUT2D eigenvalue weighted by atomic mass is 9.71. The molecule has 3 rings (SSSR count). The van der Waals surface area contributed by atoms with Crippen LogP contribution < -0.4 is 0 Å². The van der Waals surface area contributed by atoms with E-state index in [1.807, 2.05) is 0 Å². The lowest BCUT2D eigenvalue weighted by Gasteiger charge is -2.32. The van der Waals surface area contributed by atoms with E-state index in [4.69, 9.17) is 0 Å². The van der Waals surface area contributed by atoms with Gasteiger partial charge in [-0.2, -0.15) is 0 Å². The quantitative estimate of drug-likeness (QED) is 0.552. The molecular formula is C13H14O6. The molecule has 6 nitrogen and oxygen atoms in total. The Kier molecular flexibility index (Phi) is 2.69. The molecular weight excluding hydrogens is 252 g/mol. The van der Waals surface area contributed by atoms with E-state index in [-0.39, 0.29) is 0 Å². The van der Waals surface area contributed by atoms with Crippen LogP contribution in [0.4, 0.5) is 0 Å². The second-order valence-corrected chi connectivity index (χ2v) is 5.47. The molecule has 1 spiro atoms. The molecule has 0 aromatic heterocycles. The van der Waals surface area contributed by atoms with E-state index in [0.717, 1.165) is 19.3 Å². The summed E-state index contributed by atoms with van der Waals surface area (Å²) in [6.45, 7) is 0. The van der Waals surface area contributed by atoms with Crippen molar-refractivity contribution in [3.05, 3.63) is 0 Å². The maximum Gasteiger partial charge on any atom is 0.343 e. The van der Waals surface area contributed by atoms with Gasteiger partial charge in [-0.3, -0.25) is 4.79 Å². The van der Waals surface area contributed by atoms with Crippen molar-refractivity contribution in [2.24, 2.45) is 17.3 Å². The van der Waals surface area contributed by atoms with Crippen LogP contribution in [-0.4, -0.2) is 23.9 Å². The smallest absolute Gasteiger partial charge is 0.343 e. The number of carbonyl (C=O) groups excluding carboxylic acids is 4. The molecule has 0 amide bonds. The summed E-state index contributed by atoms with van der Waals surface area (Å²) in [5.74, 6) is -4.20. The van der Waals surface area contributed by atoms with Crippen LogP contribution in [0, 0.1) is 17.3 Å². The lowest BCUT2D eigenvalue weighted by Crippen LogP contribution is -2.60. The average Bonchev–Trinajstić information content (AvgIpc) is 2.94. The van der Waals surface area contributed by atoms with E-state index in [1.165, 1.54) is 12.8 Å². The minimum Gasteiger partial charge on any atom is -0.392 e. The second-order valence-electron chi connectivity index (χ2n) is 5.47. The molecule has 3 fully saturated rings. The highest BCUT2D eigenvalue weighted by molar-refractivity contribution is 6.32. The maximum atomic E-state index is 11.7. The maximum absolute atomic E-state index is 11.7. The highest BCUT2D eigenvalue weighted by Crippen LogP contribution is 2.48. The normalized spacial score (nSPS) is 29.6. The number of ether oxygens (including phenoxy) is 2. The van der Waals surface area contributed by atoms with Crippen molar-refractivity contribution in [1.29, 1.82) is 0 Å². The van der Waals surface area contributed by atoms with E-state index in [9.17, 15) is 19.2 Å². The van der Waals surface area contributed by atoms with Gasteiger partial charge in [-0.05, 0) is 18.8 Å². The van der Waals surface area contributed by atoms with Crippen LogP contribution in [0.2, 0.25) is 0 Å². The predicted octanol–water partition coefficient (Wildman–Crippen LogP) is 0.726. The number of esters is 4. The average molecular weight is 266 g/mol. The SMILES string of the molecule is O=C1OC(=O)C2(C(=O)OC2=O)C1CCC1CCCC1. The summed E-state index contributed by atoms with van der Waals surface area (Å²) in [5, 5.41) is 0. The molecule has 3 aliphatic rings. The predicted molar refractivity (Wildman–Crippen MR) is 59.3 cm³/mol. The highest BCUT2D eigenvalue weighted by atomic mass is 16.6. The largest absolute Gasteiger partial charge is 0.392 e. The minimum absolute atomic E-state index is 0.329. The van der Waals surface area contributed by atoms with Gasteiger partial charge >= 0.3 is 23.9 Å². The number of cyclic esters (lactones) is 4. The third-order valence-electron chi connectivity index (χ3n) is 4.49. The van der Waals surface area contributed by atoms with E-state index in [1.54, 1.807) is 0 Å². The van der Waals surface area contributed by atoms with Crippen molar-refractivity contribution >= 4 is 23.9 Å². The van der Waals surface area contributed by atoms with Crippen LogP contribution in [0.1, 0.15) is 38.5 Å². The van der Waals surface area contributed by atoms with Crippen LogP contribution in [-0.2, 0) is 28.7 Å². The molecule has 1 saturated carbocycles. The van der Waals surface area contributed by atoms with Crippen LogP contribution in [0.3, 0.4) is 0 Å². The van der Waals surface area contributed by atoms with E-state index in [2.05, 4.69) is 9.47 Å². The fourth-order valence-electron chi connectivity index (χ4n) is 3.33. The first-order valence-corrected chi connectivity index (χ1v) is 6.59. The Bertz CT molecular complexity index is 460. The molecule has 0 bridgehead atoms. The van der Waals surface area contributed by atoms with Crippen molar-refractivity contribution in [1.82, 2.24) is 0 Å². The first kappa shape index (κ1) is 12.3. The van der Waals surface area contributed by atoms with E-state index in [0.29, 0.717) is 12.3 Å². The fourth-order valence-corrected chi connectivity index (χ4v) is 3.33. The molecule has 0 N–H and O–H groups in total. The van der Waals surface area contributed by atoms with Gasteiger partial charge in [0.05, 0.1) is 5.92 Å². The third kappa shape index (κ3) is 1.55. The van der Waals surface area contributed by atoms with Gasteiger partial charge in [-0.15, -0.1) is 0 Å². The molecule has 1 aliphatic carbocycles. The Balaban J connectivity index is 1.77. The Morgan fingerprint density at radius 3 is 2.05 bits per heavy atom. The van der Waals surface area contributed by atoms with E-state index < -0.39 is 35.2 Å². The zero-order valence-corrected chi connectivity index (χ0v) is 10.3. The first-order chi connectivity index (χ1) is 9.06. The summed E-state index contributed by atoms with van der Waals surface area (Å²) in [6, 6.07) is 0. The molecule has 1 unspecified atom stereocenters. The van der Waals surface area contributed by atoms with Crippen LogP contribution in [0.15, 0.2) is 0 Å². The molecule has 0 aromatic carbocycles. The van der Waals surface area contributed by atoms with Crippen molar-refractivity contribution in [3.63, 3.8) is 0 Å². The Labute approximate surface area is 109 Å². The van der Waals surface area contributed by atoms with Crippen molar-refractivity contribution in [3.8, 4) is 0 Å². The molecule has 102 valence electrons. The number of rotatable bonds is 3. The van der Waals surface area contributed by atoms with Crippen molar-refractivity contribution < 1.29 is 28.7 Å². The van der Waals surface area contributed by atoms with Crippen molar-refractivity contribution in [2.75, 3.05) is 0 Å². The van der Waals surface area contributed by atoms with Gasteiger partial charge in [0.15, 0.2) is 0 Å². The van der Waals surface area contributed by atoms with Gasteiger partial charge in [0.1, 0.15) is 0 Å². The molecule has 1 atom stereocenters. The standard InChI is InChI=1S/C13H14O6/c14-9-8(6-5-7-3-1-2-4-7)13(10(15)18-9)11(16)19-12(13)17/h7-8H,1-6H2. The molecule has 2 saturated heterocycles. The fraction of sp³-hybridized carbons (Fsp3) is 0.692. The first-order valence-electron chi connectivity index (χ1n) is 6.59. The summed E-state index contributed by atoms with van der Waals surface area (Å²) in [6.07, 6.45) is 5.60. The van der Waals surface area contributed by atoms with Gasteiger partial charge in [0.2, 0.25) is 0 Å². The van der Waals surface area contributed by atoms with Gasteiger partial charge in [-0.25, -0.2) is 14.4 Å². The highest BCUT2D eigenvalue weighted by Gasteiger charge is 2.76. The number of hydrogen-bond acceptors (Lipinski definition) is 6. The lowest BCUT2D eigenvalue weighted by molar-refractivity contribution is -0.201. The molecule has 0 aromatic rings. The zero-order chi connectivity index (χ0) is 13.6. The topological polar surface area (TPSA) is 86.7 Å².